The van der Waals surface area contributed by atoms with Gasteiger partial charge in [0.1, 0.15) is 11.4 Å². The summed E-state index contributed by atoms with van der Waals surface area (Å²) in [4.78, 5) is 30.3. The van der Waals surface area contributed by atoms with E-state index in [1.54, 1.807) is 25.3 Å². The van der Waals surface area contributed by atoms with E-state index in [2.05, 4.69) is 10.3 Å². The Bertz CT molecular complexity index is 570. The third-order valence-corrected chi connectivity index (χ3v) is 4.26. The number of nitrogens with one attached hydrogen (secondary N) is 1. The molecule has 0 spiro atoms. The number of amides is 2. The molecule has 1 N–H and O–H groups in total. The molecule has 1 aromatic rings. The summed E-state index contributed by atoms with van der Waals surface area (Å²) >= 11 is 0. The van der Waals surface area contributed by atoms with Crippen molar-refractivity contribution < 1.29 is 19.1 Å². The van der Waals surface area contributed by atoms with Crippen LogP contribution in [0.5, 0.6) is 0 Å². The van der Waals surface area contributed by atoms with E-state index in [9.17, 15) is 9.59 Å². The van der Waals surface area contributed by atoms with Crippen LogP contribution in [0.15, 0.2) is 12.4 Å². The van der Waals surface area contributed by atoms with Crippen molar-refractivity contribution in [1.29, 1.82) is 0 Å². The van der Waals surface area contributed by atoms with E-state index in [0.29, 0.717) is 32.7 Å². The van der Waals surface area contributed by atoms with Crippen LogP contribution >= 0.6 is 0 Å². The highest BCUT2D eigenvalue weighted by Gasteiger charge is 2.40. The molecule has 0 radical (unpaired) electrons. The largest absolute Gasteiger partial charge is 0.382 e. The summed E-state index contributed by atoms with van der Waals surface area (Å²) < 4.78 is 13.0. The van der Waals surface area contributed by atoms with Gasteiger partial charge in [0.05, 0.1) is 26.2 Å². The van der Waals surface area contributed by atoms with Gasteiger partial charge in [0, 0.05) is 46.1 Å². The van der Waals surface area contributed by atoms with Gasteiger partial charge >= 0.3 is 0 Å². The first-order valence-corrected chi connectivity index (χ1v) is 8.08. The van der Waals surface area contributed by atoms with E-state index in [1.165, 1.54) is 0 Å². The fourth-order valence-electron chi connectivity index (χ4n) is 2.96. The average Bonchev–Trinajstić information content (AvgIpc) is 2.98. The number of rotatable bonds is 7. The Morgan fingerprint density at radius 3 is 2.92 bits per heavy atom. The zero-order chi connectivity index (χ0) is 17.6. The van der Waals surface area contributed by atoms with Crippen molar-refractivity contribution in [2.75, 3.05) is 40.5 Å². The molecule has 24 heavy (non-hydrogen) atoms. The lowest BCUT2D eigenvalue weighted by molar-refractivity contribution is -0.166. The third-order valence-electron chi connectivity index (χ3n) is 4.26. The number of imidazole rings is 1. The van der Waals surface area contributed by atoms with E-state index in [1.807, 2.05) is 17.7 Å². The Hall–Kier alpha value is -1.93. The van der Waals surface area contributed by atoms with Crippen LogP contribution < -0.4 is 5.32 Å². The smallest absolute Gasteiger partial charge is 0.224 e. The molecule has 1 aliphatic heterocycles. The van der Waals surface area contributed by atoms with Crippen LogP contribution in [0.25, 0.3) is 0 Å². The van der Waals surface area contributed by atoms with E-state index >= 15 is 0 Å². The highest BCUT2D eigenvalue weighted by Crippen LogP contribution is 2.23. The molecule has 0 aromatic carbocycles. The molecule has 0 bridgehead atoms. The van der Waals surface area contributed by atoms with E-state index in [0.717, 1.165) is 5.82 Å². The number of hydrogen-bond donors (Lipinski definition) is 1. The number of aryl methyl sites for hydroxylation is 2. The highest BCUT2D eigenvalue weighted by atomic mass is 16.5. The topological polar surface area (TPSA) is 85.7 Å². The maximum atomic E-state index is 12.5. The molecule has 1 aliphatic rings. The molecule has 2 rings (SSSR count). The quantitative estimate of drug-likeness (QED) is 0.754. The van der Waals surface area contributed by atoms with Crippen LogP contribution in [-0.4, -0.2) is 72.3 Å². The minimum Gasteiger partial charge on any atom is -0.382 e. The molecule has 134 valence electrons. The molecule has 1 saturated heterocycles. The SMILES string of the molecule is CNC(=O)C[C@@]1(COC)CN(C(=O)CCn2ccnc2C)CCO1. The van der Waals surface area contributed by atoms with Gasteiger partial charge in [-0.3, -0.25) is 9.59 Å². The van der Waals surface area contributed by atoms with Crippen LogP contribution in [0, 0.1) is 6.92 Å². The molecule has 8 nitrogen and oxygen atoms in total. The Labute approximate surface area is 142 Å². The third kappa shape index (κ3) is 4.55. The van der Waals surface area contributed by atoms with Gasteiger partial charge in [0.25, 0.3) is 0 Å². The van der Waals surface area contributed by atoms with E-state index in [-0.39, 0.29) is 24.8 Å². The zero-order valence-corrected chi connectivity index (χ0v) is 14.6. The van der Waals surface area contributed by atoms with E-state index < -0.39 is 5.60 Å². The van der Waals surface area contributed by atoms with Crippen LogP contribution in [0.2, 0.25) is 0 Å². The molecule has 2 amide bonds. The minimum absolute atomic E-state index is 0.0452. The van der Waals surface area contributed by atoms with Crippen LogP contribution in [-0.2, 0) is 25.6 Å². The zero-order valence-electron chi connectivity index (χ0n) is 14.6. The Morgan fingerprint density at radius 2 is 2.29 bits per heavy atom. The molecule has 8 heteroatoms. The van der Waals surface area contributed by atoms with Gasteiger partial charge in [-0.15, -0.1) is 0 Å². The van der Waals surface area contributed by atoms with Crippen LogP contribution in [0.4, 0.5) is 0 Å². The first-order valence-electron chi connectivity index (χ1n) is 8.08. The van der Waals surface area contributed by atoms with Crippen molar-refractivity contribution in [3.05, 3.63) is 18.2 Å². The normalized spacial score (nSPS) is 20.9. The molecular formula is C16H26N4O4. The monoisotopic (exact) mass is 338 g/mol. The number of nitrogens with zero attached hydrogens (tertiary/aromatic N) is 3. The van der Waals surface area contributed by atoms with Crippen molar-refractivity contribution in [3.63, 3.8) is 0 Å². The van der Waals surface area contributed by atoms with Gasteiger partial charge in [-0.05, 0) is 6.92 Å². The summed E-state index contributed by atoms with van der Waals surface area (Å²) in [7, 11) is 3.15. The predicted octanol–water partition coefficient (Wildman–Crippen LogP) is -0.0383. The van der Waals surface area contributed by atoms with Crippen LogP contribution in [0.3, 0.4) is 0 Å². The molecule has 0 unspecified atom stereocenters. The number of carbonyl (C=O) groups is 2. The maximum Gasteiger partial charge on any atom is 0.224 e. The molecule has 0 saturated carbocycles. The van der Waals surface area contributed by atoms with Gasteiger partial charge in [0.15, 0.2) is 0 Å². The first kappa shape index (κ1) is 18.4. The summed E-state index contributed by atoms with van der Waals surface area (Å²) in [6.45, 7) is 4.05. The van der Waals surface area contributed by atoms with Crippen LogP contribution in [0.1, 0.15) is 18.7 Å². The van der Waals surface area contributed by atoms with Gasteiger partial charge in [-0.1, -0.05) is 0 Å². The standard InChI is InChI=1S/C16H26N4O4/c1-13-18-5-7-19(13)6-4-15(22)20-8-9-24-16(11-20,12-23-3)10-14(21)17-2/h5,7H,4,6,8-12H2,1-3H3,(H,17,21)/t16-/m0/s1. The van der Waals surface area contributed by atoms with Gasteiger partial charge < -0.3 is 24.3 Å². The molecule has 1 atom stereocenters. The van der Waals surface area contributed by atoms with E-state index in [4.69, 9.17) is 9.47 Å². The van der Waals surface area contributed by atoms with Crippen molar-refractivity contribution in [3.8, 4) is 0 Å². The molecule has 0 aliphatic carbocycles. The maximum absolute atomic E-state index is 12.5. The van der Waals surface area contributed by atoms with Crippen molar-refractivity contribution >= 4 is 11.8 Å². The lowest BCUT2D eigenvalue weighted by Gasteiger charge is -2.42. The highest BCUT2D eigenvalue weighted by molar-refractivity contribution is 5.78. The molecule has 1 fully saturated rings. The van der Waals surface area contributed by atoms with Crippen molar-refractivity contribution in [2.24, 2.45) is 0 Å². The Balaban J connectivity index is 1.97. The fourth-order valence-corrected chi connectivity index (χ4v) is 2.96. The first-order chi connectivity index (χ1) is 11.5. The summed E-state index contributed by atoms with van der Waals surface area (Å²) in [6.07, 6.45) is 4.15. The summed E-state index contributed by atoms with van der Waals surface area (Å²) in [5.74, 6) is 0.803. The second-order valence-corrected chi connectivity index (χ2v) is 6.05. The number of methoxy groups -OCH3 is 1. The molecule has 1 aromatic heterocycles. The average molecular weight is 338 g/mol. The van der Waals surface area contributed by atoms with Crippen molar-refractivity contribution in [1.82, 2.24) is 19.8 Å². The van der Waals surface area contributed by atoms with Gasteiger partial charge in [0.2, 0.25) is 11.8 Å². The lowest BCUT2D eigenvalue weighted by atomic mass is 9.97. The molecule has 2 heterocycles. The second-order valence-electron chi connectivity index (χ2n) is 6.05. The number of morpholine rings is 1. The Kier molecular flexibility index (Phi) is 6.33. The summed E-state index contributed by atoms with van der Waals surface area (Å²) in [5.41, 5.74) is -0.784. The summed E-state index contributed by atoms with van der Waals surface area (Å²) in [5, 5.41) is 2.60. The van der Waals surface area contributed by atoms with Gasteiger partial charge in [-0.2, -0.15) is 0 Å². The number of ether oxygens (including phenoxy) is 2. The molecular weight excluding hydrogens is 312 g/mol. The Morgan fingerprint density at radius 1 is 1.50 bits per heavy atom. The van der Waals surface area contributed by atoms with Crippen molar-refractivity contribution in [2.45, 2.75) is 31.9 Å². The number of hydrogen-bond acceptors (Lipinski definition) is 5. The second kappa shape index (κ2) is 8.25. The fraction of sp³-hybridized carbons (Fsp3) is 0.688. The summed E-state index contributed by atoms with van der Waals surface area (Å²) in [6, 6.07) is 0. The van der Waals surface area contributed by atoms with Gasteiger partial charge in [-0.25, -0.2) is 4.98 Å². The lowest BCUT2D eigenvalue weighted by Crippen LogP contribution is -2.57. The predicted molar refractivity (Wildman–Crippen MR) is 87.4 cm³/mol. The minimum atomic E-state index is -0.784. The number of aromatic nitrogens is 2. The number of carbonyl (C=O) groups excluding carboxylic acids is 2.